The van der Waals surface area contributed by atoms with Crippen molar-refractivity contribution in [1.82, 2.24) is 9.80 Å². The summed E-state index contributed by atoms with van der Waals surface area (Å²) in [4.78, 5) is 4.31. The van der Waals surface area contributed by atoms with Crippen LogP contribution in [-0.4, -0.2) is 29.6 Å². The van der Waals surface area contributed by atoms with Crippen molar-refractivity contribution in [3.8, 4) is 0 Å². The molecule has 4 rings (SSSR count). The van der Waals surface area contributed by atoms with Crippen LogP contribution in [0.15, 0.2) is 83.6 Å². The first-order valence-corrected chi connectivity index (χ1v) is 11.8. The van der Waals surface area contributed by atoms with Crippen LogP contribution in [0.3, 0.4) is 0 Å². The van der Waals surface area contributed by atoms with E-state index in [1.807, 2.05) is 13.0 Å². The number of rotatable bonds is 8. The molecule has 164 valence electrons. The number of hydrogen-bond donors (Lipinski definition) is 0. The summed E-state index contributed by atoms with van der Waals surface area (Å²) in [6.45, 7) is 8.32. The zero-order valence-corrected chi connectivity index (χ0v) is 19.9. The van der Waals surface area contributed by atoms with Gasteiger partial charge in [0.15, 0.2) is 0 Å². The van der Waals surface area contributed by atoms with Crippen LogP contribution in [0.1, 0.15) is 29.2 Å². The third kappa shape index (κ3) is 5.03. The van der Waals surface area contributed by atoms with Crippen molar-refractivity contribution < 1.29 is 0 Å². The molecule has 1 aliphatic rings. The van der Waals surface area contributed by atoms with Gasteiger partial charge in [-0.15, -0.1) is 0 Å². The molecule has 1 heterocycles. The summed E-state index contributed by atoms with van der Waals surface area (Å²) in [5, 5.41) is 3.82. The molecule has 32 heavy (non-hydrogen) atoms. The first-order valence-electron chi connectivity index (χ1n) is 11.0. The zero-order valence-electron chi connectivity index (χ0n) is 18.4. The molecular weight excluding hydrogens is 435 g/mol. The van der Waals surface area contributed by atoms with E-state index in [2.05, 4.69) is 89.2 Å². The average molecular weight is 463 g/mol. The summed E-state index contributed by atoms with van der Waals surface area (Å²) < 4.78 is 0. The molecule has 4 heteroatoms. The minimum atomic E-state index is 0.640. The van der Waals surface area contributed by atoms with E-state index in [9.17, 15) is 0 Å². The van der Waals surface area contributed by atoms with Crippen LogP contribution in [0.25, 0.3) is 22.9 Å². The topological polar surface area (TPSA) is 6.48 Å². The van der Waals surface area contributed by atoms with Gasteiger partial charge in [0.2, 0.25) is 0 Å². The maximum absolute atomic E-state index is 6.59. The van der Waals surface area contributed by atoms with Crippen LogP contribution in [0, 0.1) is 0 Å². The molecule has 1 aliphatic heterocycles. The molecular formula is C28H28Cl2N2. The zero-order chi connectivity index (χ0) is 22.5. The number of hydrogen-bond acceptors (Lipinski definition) is 2. The maximum Gasteiger partial charge on any atom is 0.141 e. The largest absolute Gasteiger partial charge is 0.342 e. The highest BCUT2D eigenvalue weighted by Gasteiger charge is 2.26. The number of benzene rings is 3. The Morgan fingerprint density at radius 1 is 0.812 bits per heavy atom. The lowest BCUT2D eigenvalue weighted by molar-refractivity contribution is 0.262. The summed E-state index contributed by atoms with van der Waals surface area (Å²) in [6, 6.07) is 21.6. The van der Waals surface area contributed by atoms with Crippen molar-refractivity contribution in [2.24, 2.45) is 0 Å². The van der Waals surface area contributed by atoms with Crippen LogP contribution in [0.5, 0.6) is 0 Å². The average Bonchev–Trinajstić information content (AvgIpc) is 3.09. The van der Waals surface area contributed by atoms with Crippen LogP contribution in [0.2, 0.25) is 0 Å². The van der Waals surface area contributed by atoms with E-state index in [1.165, 1.54) is 27.5 Å². The fraction of sp³-hybridized carbons (Fsp3) is 0.214. The highest BCUT2D eigenvalue weighted by atomic mass is 35.5. The maximum atomic E-state index is 6.59. The van der Waals surface area contributed by atoms with Gasteiger partial charge in [0, 0.05) is 13.1 Å². The highest BCUT2D eigenvalue weighted by Crippen LogP contribution is 2.30. The van der Waals surface area contributed by atoms with Crippen molar-refractivity contribution >= 4 is 46.1 Å². The van der Waals surface area contributed by atoms with Crippen molar-refractivity contribution in [3.63, 3.8) is 0 Å². The Balaban J connectivity index is 1.37. The molecule has 0 spiro atoms. The SMILES string of the molecule is C=Cc1ccc(CCN2CN(CCc3ccc4ccccc4c3)C(Cl)=C2Cl)cc1/C=C\C. The lowest BCUT2D eigenvalue weighted by atomic mass is 10.0. The van der Waals surface area contributed by atoms with Gasteiger partial charge in [-0.3, -0.25) is 0 Å². The van der Waals surface area contributed by atoms with Gasteiger partial charge in [-0.25, -0.2) is 0 Å². The molecule has 2 nitrogen and oxygen atoms in total. The molecule has 0 fully saturated rings. The van der Waals surface area contributed by atoms with E-state index in [4.69, 9.17) is 23.2 Å². The molecule has 0 amide bonds. The first-order chi connectivity index (χ1) is 15.6. The molecule has 0 unspecified atom stereocenters. The molecule has 0 radical (unpaired) electrons. The molecule has 0 aromatic heterocycles. The van der Waals surface area contributed by atoms with Crippen LogP contribution >= 0.6 is 23.2 Å². The predicted octanol–water partition coefficient (Wildman–Crippen LogP) is 7.48. The summed E-state index contributed by atoms with van der Waals surface area (Å²) in [5.41, 5.74) is 4.92. The third-order valence-electron chi connectivity index (χ3n) is 5.94. The lowest BCUT2D eigenvalue weighted by Crippen LogP contribution is -2.29. The smallest absolute Gasteiger partial charge is 0.141 e. The fourth-order valence-corrected chi connectivity index (χ4v) is 4.66. The van der Waals surface area contributed by atoms with E-state index in [0.717, 1.165) is 38.2 Å². The van der Waals surface area contributed by atoms with Gasteiger partial charge in [-0.05, 0) is 52.8 Å². The standard InChI is InChI=1S/C28H28Cl2N2/c1-3-7-25-18-21(10-12-23(25)4-2)14-16-31-20-32(28(30)27(31)29)17-15-22-11-13-24-8-5-6-9-26(24)19-22/h3-13,18-19H,2,14-17,20H2,1H3/b7-3-. The van der Waals surface area contributed by atoms with Crippen molar-refractivity contribution in [2.45, 2.75) is 19.8 Å². The van der Waals surface area contributed by atoms with Gasteiger partial charge in [0.1, 0.15) is 10.3 Å². The Hall–Kier alpha value is -2.68. The Labute approximate surface area is 201 Å². The Morgan fingerprint density at radius 2 is 1.44 bits per heavy atom. The first kappa shape index (κ1) is 22.5. The minimum absolute atomic E-state index is 0.640. The molecule has 3 aromatic carbocycles. The third-order valence-corrected chi connectivity index (χ3v) is 6.87. The van der Waals surface area contributed by atoms with E-state index < -0.39 is 0 Å². The van der Waals surface area contributed by atoms with Gasteiger partial charge in [-0.2, -0.15) is 0 Å². The molecule has 0 atom stereocenters. The molecule has 0 saturated carbocycles. The number of allylic oxidation sites excluding steroid dienone is 1. The van der Waals surface area contributed by atoms with E-state index >= 15 is 0 Å². The van der Waals surface area contributed by atoms with Crippen LogP contribution in [0.4, 0.5) is 0 Å². The lowest BCUT2D eigenvalue weighted by Gasteiger charge is -2.22. The quantitative estimate of drug-likeness (QED) is 0.320. The van der Waals surface area contributed by atoms with E-state index in [-0.39, 0.29) is 0 Å². The second-order valence-electron chi connectivity index (χ2n) is 8.10. The fourth-order valence-electron chi connectivity index (χ4n) is 4.14. The summed E-state index contributed by atoms with van der Waals surface area (Å²) >= 11 is 13.2. The van der Waals surface area contributed by atoms with Gasteiger partial charge >= 0.3 is 0 Å². The molecule has 3 aromatic rings. The van der Waals surface area contributed by atoms with Gasteiger partial charge < -0.3 is 9.80 Å². The minimum Gasteiger partial charge on any atom is -0.342 e. The van der Waals surface area contributed by atoms with Gasteiger partial charge in [-0.1, -0.05) is 109 Å². The van der Waals surface area contributed by atoms with Crippen molar-refractivity contribution in [3.05, 3.63) is 106 Å². The number of fused-ring (bicyclic) bond motifs is 1. The van der Waals surface area contributed by atoms with E-state index in [0.29, 0.717) is 10.3 Å². The Morgan fingerprint density at radius 3 is 2.09 bits per heavy atom. The van der Waals surface area contributed by atoms with Crippen molar-refractivity contribution in [2.75, 3.05) is 19.8 Å². The predicted molar refractivity (Wildman–Crippen MR) is 140 cm³/mol. The monoisotopic (exact) mass is 462 g/mol. The summed E-state index contributed by atoms with van der Waals surface area (Å²) in [7, 11) is 0. The molecule has 0 aliphatic carbocycles. The van der Waals surface area contributed by atoms with Gasteiger partial charge in [0.05, 0.1) is 6.67 Å². The van der Waals surface area contributed by atoms with Gasteiger partial charge in [0.25, 0.3) is 0 Å². The van der Waals surface area contributed by atoms with E-state index in [1.54, 1.807) is 0 Å². The summed E-state index contributed by atoms with van der Waals surface area (Å²) in [5.74, 6) is 0. The molecule has 0 N–H and O–H groups in total. The molecule has 0 saturated heterocycles. The van der Waals surface area contributed by atoms with Crippen LogP contribution < -0.4 is 0 Å². The second kappa shape index (κ2) is 10.3. The van der Waals surface area contributed by atoms with Crippen LogP contribution in [-0.2, 0) is 12.8 Å². The Bertz CT molecular complexity index is 1180. The second-order valence-corrected chi connectivity index (χ2v) is 8.81. The number of nitrogens with zero attached hydrogens (tertiary/aromatic N) is 2. The molecule has 0 bridgehead atoms. The Kier molecular flexibility index (Phi) is 7.24. The van der Waals surface area contributed by atoms with Crippen molar-refractivity contribution in [1.29, 1.82) is 0 Å². The highest BCUT2D eigenvalue weighted by molar-refractivity contribution is 6.38. The number of halogens is 2. The normalized spacial score (nSPS) is 14.2. The summed E-state index contributed by atoms with van der Waals surface area (Å²) in [6.07, 6.45) is 7.90.